The number of rotatable bonds is 3. The Hall–Kier alpha value is -0.833. The smallest absolute Gasteiger partial charge is 0.215 e. The molecule has 1 saturated carbocycles. The Morgan fingerprint density at radius 3 is 1.67 bits per heavy atom. The predicted molar refractivity (Wildman–Crippen MR) is 120 cm³/mol. The molecule has 154 valence electrons. The summed E-state index contributed by atoms with van der Waals surface area (Å²) in [6.45, 7) is 13.8. The van der Waals surface area contributed by atoms with Crippen LogP contribution >= 0.6 is 0 Å². The number of hydrogen-bond acceptors (Lipinski definition) is 1. The van der Waals surface area contributed by atoms with Crippen molar-refractivity contribution in [2.45, 2.75) is 111 Å². The molecule has 1 atom stereocenters. The van der Waals surface area contributed by atoms with Crippen LogP contribution in [0, 0.1) is 11.8 Å². The second kappa shape index (κ2) is 10.1. The molecule has 0 spiro atoms. The van der Waals surface area contributed by atoms with Crippen molar-refractivity contribution in [2.75, 3.05) is 0 Å². The summed E-state index contributed by atoms with van der Waals surface area (Å²) in [5.41, 5.74) is 4.37. The number of nitrogens with one attached hydrogen (secondary N) is 1. The van der Waals surface area contributed by atoms with E-state index in [1.165, 1.54) is 74.5 Å². The average molecular weight is 390 g/mol. The molecule has 0 radical (unpaired) electrons. The van der Waals surface area contributed by atoms with E-state index in [1.807, 2.05) is 0 Å². The highest BCUT2D eigenvalue weighted by Crippen LogP contribution is 2.40. The zero-order valence-electron chi connectivity index (χ0n) is 18.8. The van der Waals surface area contributed by atoms with Crippen LogP contribution in [0.4, 0.5) is 0 Å². The standard InChI is InChI=1S/C24H43NOSi/c1-18-19(2)21(4)23(20(18)3)27(5,6)25-24(26)22-16-14-12-10-8-7-9-11-13-15-17-22/h20,22H,7-17H2,1-6H3,(H,25,26). The van der Waals surface area contributed by atoms with Gasteiger partial charge in [0, 0.05) is 5.92 Å². The first-order chi connectivity index (χ1) is 12.8. The van der Waals surface area contributed by atoms with E-state index in [-0.39, 0.29) is 5.92 Å². The molecular formula is C24H43NOSi. The number of amides is 1. The Morgan fingerprint density at radius 2 is 1.26 bits per heavy atom. The summed E-state index contributed by atoms with van der Waals surface area (Å²) in [5.74, 6) is 1.06. The van der Waals surface area contributed by atoms with Crippen molar-refractivity contribution >= 4 is 14.1 Å². The van der Waals surface area contributed by atoms with Crippen molar-refractivity contribution in [2.24, 2.45) is 11.8 Å². The minimum Gasteiger partial charge on any atom is -0.378 e. The molecule has 1 fully saturated rings. The van der Waals surface area contributed by atoms with Gasteiger partial charge in [-0.2, -0.15) is 0 Å². The maximum Gasteiger partial charge on any atom is 0.215 e. The molecule has 0 saturated heterocycles. The molecule has 3 heteroatoms. The van der Waals surface area contributed by atoms with Crippen LogP contribution in [0.1, 0.15) is 98.3 Å². The monoisotopic (exact) mass is 389 g/mol. The van der Waals surface area contributed by atoms with Gasteiger partial charge in [-0.3, -0.25) is 4.79 Å². The topological polar surface area (TPSA) is 29.1 Å². The highest BCUT2D eigenvalue weighted by atomic mass is 28.3. The third-order valence-electron chi connectivity index (χ3n) is 7.23. The van der Waals surface area contributed by atoms with Crippen LogP contribution in [0.2, 0.25) is 13.1 Å². The van der Waals surface area contributed by atoms with Crippen molar-refractivity contribution in [3.05, 3.63) is 21.9 Å². The van der Waals surface area contributed by atoms with Crippen LogP contribution in [0.5, 0.6) is 0 Å². The van der Waals surface area contributed by atoms with Crippen LogP contribution in [0.3, 0.4) is 0 Å². The molecule has 0 bridgehead atoms. The highest BCUT2D eigenvalue weighted by molar-refractivity contribution is 6.84. The van der Waals surface area contributed by atoms with Crippen LogP contribution < -0.4 is 4.98 Å². The van der Waals surface area contributed by atoms with Gasteiger partial charge in [0.1, 0.15) is 0 Å². The van der Waals surface area contributed by atoms with Gasteiger partial charge in [0.2, 0.25) is 5.91 Å². The van der Waals surface area contributed by atoms with Gasteiger partial charge in [-0.05, 0) is 58.2 Å². The van der Waals surface area contributed by atoms with Crippen molar-refractivity contribution in [1.82, 2.24) is 4.98 Å². The molecule has 2 aliphatic rings. The van der Waals surface area contributed by atoms with Crippen molar-refractivity contribution < 1.29 is 4.79 Å². The van der Waals surface area contributed by atoms with Gasteiger partial charge in [-0.25, -0.2) is 0 Å². The molecule has 2 rings (SSSR count). The lowest BCUT2D eigenvalue weighted by molar-refractivity contribution is -0.124. The van der Waals surface area contributed by atoms with Crippen LogP contribution in [0.15, 0.2) is 21.9 Å². The van der Waals surface area contributed by atoms with E-state index in [1.54, 1.807) is 5.20 Å². The van der Waals surface area contributed by atoms with Crippen molar-refractivity contribution in [3.63, 3.8) is 0 Å². The third-order valence-corrected chi connectivity index (χ3v) is 10.3. The lowest BCUT2D eigenvalue weighted by Crippen LogP contribution is -2.53. The molecule has 1 unspecified atom stereocenters. The molecule has 0 aromatic rings. The number of allylic oxidation sites excluding steroid dienone is 4. The largest absolute Gasteiger partial charge is 0.378 e. The van der Waals surface area contributed by atoms with Gasteiger partial charge in [-0.15, -0.1) is 0 Å². The maximum atomic E-state index is 13.3. The molecule has 1 amide bonds. The van der Waals surface area contributed by atoms with E-state index in [9.17, 15) is 4.79 Å². The summed E-state index contributed by atoms with van der Waals surface area (Å²) in [7, 11) is -1.96. The van der Waals surface area contributed by atoms with Gasteiger partial charge in [0.25, 0.3) is 0 Å². The fourth-order valence-electron chi connectivity index (χ4n) is 5.28. The molecule has 2 nitrogen and oxygen atoms in total. The molecular weight excluding hydrogens is 346 g/mol. The minimum atomic E-state index is -1.96. The van der Waals surface area contributed by atoms with E-state index in [4.69, 9.17) is 0 Å². The Labute approximate surface area is 169 Å². The van der Waals surface area contributed by atoms with Crippen molar-refractivity contribution in [1.29, 1.82) is 0 Å². The Kier molecular flexibility index (Phi) is 8.39. The minimum absolute atomic E-state index is 0.226. The Balaban J connectivity index is 2.04. The molecule has 0 heterocycles. The second-order valence-corrected chi connectivity index (χ2v) is 13.7. The van der Waals surface area contributed by atoms with Crippen LogP contribution in [-0.2, 0) is 4.79 Å². The van der Waals surface area contributed by atoms with E-state index in [0.717, 1.165) is 12.8 Å². The SMILES string of the molecule is CC1=C(C)C(C)C([Si](C)(C)NC(=O)C2CCCCCCCCCCC2)=C1C. The molecule has 27 heavy (non-hydrogen) atoms. The van der Waals surface area contributed by atoms with Crippen molar-refractivity contribution in [3.8, 4) is 0 Å². The average Bonchev–Trinajstić information content (AvgIpc) is 2.78. The van der Waals surface area contributed by atoms with Gasteiger partial charge in [0.15, 0.2) is 8.24 Å². The molecule has 1 N–H and O–H groups in total. The summed E-state index contributed by atoms with van der Waals surface area (Å²) in [6.07, 6.45) is 14.1. The summed E-state index contributed by atoms with van der Waals surface area (Å²) >= 11 is 0. The van der Waals surface area contributed by atoms with Gasteiger partial charge in [0.05, 0.1) is 0 Å². The van der Waals surface area contributed by atoms with Gasteiger partial charge >= 0.3 is 0 Å². The summed E-state index contributed by atoms with van der Waals surface area (Å²) in [4.78, 5) is 16.8. The van der Waals surface area contributed by atoms with Crippen LogP contribution in [0.25, 0.3) is 0 Å². The molecule has 2 aliphatic carbocycles. The molecule has 0 aromatic carbocycles. The zero-order valence-corrected chi connectivity index (χ0v) is 19.8. The number of carbonyl (C=O) groups excluding carboxylic acids is 1. The van der Waals surface area contributed by atoms with Crippen LogP contribution in [-0.4, -0.2) is 14.1 Å². The quantitative estimate of drug-likeness (QED) is 0.514. The first-order valence-corrected chi connectivity index (χ1v) is 14.5. The fraction of sp³-hybridized carbons (Fsp3) is 0.792. The van der Waals surface area contributed by atoms with Gasteiger partial charge in [-0.1, -0.05) is 81.1 Å². The lowest BCUT2D eigenvalue weighted by Gasteiger charge is -2.32. The van der Waals surface area contributed by atoms with E-state index in [0.29, 0.717) is 11.8 Å². The van der Waals surface area contributed by atoms with Gasteiger partial charge < -0.3 is 4.98 Å². The third kappa shape index (κ3) is 5.82. The second-order valence-electron chi connectivity index (χ2n) is 9.64. The number of carbonyl (C=O) groups is 1. The normalized spacial score (nSPS) is 24.6. The fourth-order valence-corrected chi connectivity index (χ4v) is 8.66. The maximum absolute atomic E-state index is 13.3. The zero-order chi connectivity index (χ0) is 20.0. The summed E-state index contributed by atoms with van der Waals surface area (Å²) in [5, 5.41) is 1.54. The Bertz CT molecular complexity index is 575. The Morgan fingerprint density at radius 1 is 0.815 bits per heavy atom. The highest BCUT2D eigenvalue weighted by Gasteiger charge is 2.38. The predicted octanol–water partition coefficient (Wildman–Crippen LogP) is 7.07. The lowest BCUT2D eigenvalue weighted by atomic mass is 9.92. The summed E-state index contributed by atoms with van der Waals surface area (Å²) in [6, 6.07) is 0. The first kappa shape index (κ1) is 22.5. The number of hydrogen-bond donors (Lipinski definition) is 1. The van der Waals surface area contributed by atoms with E-state index < -0.39 is 8.24 Å². The van der Waals surface area contributed by atoms with E-state index >= 15 is 0 Å². The van der Waals surface area contributed by atoms with E-state index in [2.05, 4.69) is 45.8 Å². The molecule has 0 aliphatic heterocycles. The first-order valence-electron chi connectivity index (χ1n) is 11.5. The summed E-state index contributed by atoms with van der Waals surface area (Å²) < 4.78 is 0. The molecule has 0 aromatic heterocycles.